The van der Waals surface area contributed by atoms with Gasteiger partial charge in [0.05, 0.1) is 5.69 Å². The van der Waals surface area contributed by atoms with Crippen LogP contribution in [0, 0.1) is 13.8 Å². The average molecular weight is 355 g/mol. The van der Waals surface area contributed by atoms with Crippen LogP contribution in [0.5, 0.6) is 0 Å². The lowest BCUT2D eigenvalue weighted by atomic mass is 10.0. The molecule has 0 spiro atoms. The molecule has 0 radical (unpaired) electrons. The molecule has 1 aromatic carbocycles. The Morgan fingerprint density at radius 2 is 2.08 bits per heavy atom. The Balaban J connectivity index is 1.48. The third-order valence-corrected chi connectivity index (χ3v) is 5.30. The van der Waals surface area contributed by atoms with Crippen LogP contribution in [0.15, 0.2) is 34.9 Å². The molecule has 1 fully saturated rings. The van der Waals surface area contributed by atoms with Crippen molar-refractivity contribution in [2.24, 2.45) is 0 Å². The van der Waals surface area contributed by atoms with Crippen molar-refractivity contribution in [3.63, 3.8) is 0 Å². The van der Waals surface area contributed by atoms with E-state index in [9.17, 15) is 4.79 Å². The van der Waals surface area contributed by atoms with Crippen molar-refractivity contribution in [2.75, 3.05) is 13.1 Å². The van der Waals surface area contributed by atoms with Crippen molar-refractivity contribution in [3.05, 3.63) is 52.9 Å². The molecule has 140 valence electrons. The zero-order valence-corrected chi connectivity index (χ0v) is 15.8. The summed E-state index contributed by atoms with van der Waals surface area (Å²) in [7, 11) is 0. The van der Waals surface area contributed by atoms with E-state index >= 15 is 0 Å². The molecule has 1 atom stereocenters. The third-order valence-electron chi connectivity index (χ3n) is 5.30. The number of nitrogens with one attached hydrogen (secondary N) is 1. The summed E-state index contributed by atoms with van der Waals surface area (Å²) in [5, 5.41) is 7.09. The van der Waals surface area contributed by atoms with Gasteiger partial charge in [-0.1, -0.05) is 41.9 Å². The van der Waals surface area contributed by atoms with E-state index in [1.165, 1.54) is 18.4 Å². The Hall–Kier alpha value is -2.14. The summed E-state index contributed by atoms with van der Waals surface area (Å²) >= 11 is 0. The molecule has 1 N–H and O–H groups in total. The fourth-order valence-corrected chi connectivity index (χ4v) is 3.73. The van der Waals surface area contributed by atoms with Gasteiger partial charge in [-0.15, -0.1) is 0 Å². The zero-order chi connectivity index (χ0) is 18.4. The highest BCUT2D eigenvalue weighted by molar-refractivity contribution is 5.76. The second-order valence-electron chi connectivity index (χ2n) is 7.21. The summed E-state index contributed by atoms with van der Waals surface area (Å²) in [5.41, 5.74) is 3.28. The Morgan fingerprint density at radius 1 is 1.27 bits per heavy atom. The number of amides is 1. The number of hydrogen-bond donors (Lipinski definition) is 1. The van der Waals surface area contributed by atoms with Gasteiger partial charge in [-0.3, -0.25) is 9.69 Å². The van der Waals surface area contributed by atoms with E-state index in [2.05, 4.69) is 45.7 Å². The highest BCUT2D eigenvalue weighted by atomic mass is 16.5. The van der Waals surface area contributed by atoms with Gasteiger partial charge in [-0.2, -0.15) is 0 Å². The van der Waals surface area contributed by atoms with Crippen molar-refractivity contribution in [1.82, 2.24) is 15.4 Å². The van der Waals surface area contributed by atoms with Gasteiger partial charge < -0.3 is 9.84 Å². The molecule has 0 bridgehead atoms. The highest BCUT2D eigenvalue weighted by Gasteiger charge is 2.23. The van der Waals surface area contributed by atoms with Gasteiger partial charge >= 0.3 is 0 Å². The lowest BCUT2D eigenvalue weighted by Crippen LogP contribution is -2.46. The monoisotopic (exact) mass is 355 g/mol. The van der Waals surface area contributed by atoms with Crippen molar-refractivity contribution in [3.8, 4) is 0 Å². The molecule has 26 heavy (non-hydrogen) atoms. The van der Waals surface area contributed by atoms with Crippen LogP contribution < -0.4 is 5.32 Å². The molecule has 1 amide bonds. The van der Waals surface area contributed by atoms with Crippen LogP contribution in [-0.4, -0.2) is 35.1 Å². The zero-order valence-electron chi connectivity index (χ0n) is 15.8. The number of carbonyl (C=O) groups is 1. The molecule has 0 aliphatic carbocycles. The van der Waals surface area contributed by atoms with Gasteiger partial charge in [-0.05, 0) is 45.2 Å². The van der Waals surface area contributed by atoms with E-state index in [1.54, 1.807) is 0 Å². The molecule has 5 nitrogen and oxygen atoms in total. The van der Waals surface area contributed by atoms with E-state index < -0.39 is 0 Å². The van der Waals surface area contributed by atoms with Crippen molar-refractivity contribution in [1.29, 1.82) is 0 Å². The molecule has 1 unspecified atom stereocenters. The van der Waals surface area contributed by atoms with Crippen molar-refractivity contribution >= 4 is 5.91 Å². The lowest BCUT2D eigenvalue weighted by Gasteiger charge is -2.36. The summed E-state index contributed by atoms with van der Waals surface area (Å²) in [5.74, 6) is 0.923. The minimum absolute atomic E-state index is 0.107. The molecule has 2 heterocycles. The minimum Gasteiger partial charge on any atom is -0.361 e. The Kier molecular flexibility index (Phi) is 6.45. The largest absolute Gasteiger partial charge is 0.361 e. The minimum atomic E-state index is 0.107. The number of nitrogens with zero attached hydrogens (tertiary/aromatic N) is 2. The number of hydrogen-bond acceptors (Lipinski definition) is 4. The fourth-order valence-electron chi connectivity index (χ4n) is 3.73. The number of aromatic nitrogens is 1. The van der Waals surface area contributed by atoms with Crippen LogP contribution >= 0.6 is 0 Å². The number of benzene rings is 1. The van der Waals surface area contributed by atoms with E-state index in [4.69, 9.17) is 4.52 Å². The summed E-state index contributed by atoms with van der Waals surface area (Å²) in [6, 6.07) is 11.0. The summed E-state index contributed by atoms with van der Waals surface area (Å²) in [6.07, 6.45) is 4.80. The first-order valence-corrected chi connectivity index (χ1v) is 9.60. The average Bonchev–Trinajstić information content (AvgIpc) is 2.98. The highest BCUT2D eigenvalue weighted by Crippen LogP contribution is 2.19. The number of piperidine rings is 1. The number of aryl methyl sites for hydroxylation is 2. The van der Waals surface area contributed by atoms with Crippen LogP contribution in [0.4, 0.5) is 0 Å². The van der Waals surface area contributed by atoms with Crippen LogP contribution in [0.2, 0.25) is 0 Å². The SMILES string of the molecule is Cc1noc(C)c1CCC(=O)NCC1CCCCN1Cc1ccccc1. The summed E-state index contributed by atoms with van der Waals surface area (Å²) in [4.78, 5) is 14.8. The maximum Gasteiger partial charge on any atom is 0.220 e. The molecular weight excluding hydrogens is 326 g/mol. The van der Waals surface area contributed by atoms with Gasteiger partial charge in [-0.25, -0.2) is 0 Å². The molecule has 1 aliphatic rings. The van der Waals surface area contributed by atoms with E-state index in [0.29, 0.717) is 18.9 Å². The molecular formula is C21H29N3O2. The first kappa shape index (κ1) is 18.6. The number of rotatable bonds is 7. The van der Waals surface area contributed by atoms with Crippen molar-refractivity contribution in [2.45, 2.75) is 58.5 Å². The Morgan fingerprint density at radius 3 is 2.81 bits per heavy atom. The smallest absolute Gasteiger partial charge is 0.220 e. The number of likely N-dealkylation sites (tertiary alicyclic amines) is 1. The van der Waals surface area contributed by atoms with Crippen LogP contribution in [-0.2, 0) is 17.8 Å². The predicted octanol–water partition coefficient (Wildman–Crippen LogP) is 3.39. The molecule has 0 saturated carbocycles. The van der Waals surface area contributed by atoms with Gasteiger partial charge in [0.2, 0.25) is 5.91 Å². The Bertz CT molecular complexity index is 692. The van der Waals surface area contributed by atoms with Crippen LogP contribution in [0.25, 0.3) is 0 Å². The normalized spacial score (nSPS) is 18.0. The van der Waals surface area contributed by atoms with Gasteiger partial charge in [0.25, 0.3) is 0 Å². The van der Waals surface area contributed by atoms with Gasteiger partial charge in [0.15, 0.2) is 0 Å². The second-order valence-corrected chi connectivity index (χ2v) is 7.21. The third kappa shape index (κ3) is 4.94. The number of carbonyl (C=O) groups excluding carboxylic acids is 1. The quantitative estimate of drug-likeness (QED) is 0.827. The van der Waals surface area contributed by atoms with Crippen molar-refractivity contribution < 1.29 is 9.32 Å². The van der Waals surface area contributed by atoms with E-state index in [-0.39, 0.29) is 5.91 Å². The molecule has 3 rings (SSSR count). The molecule has 1 aromatic heterocycles. The summed E-state index contributed by atoms with van der Waals surface area (Å²) < 4.78 is 5.16. The topological polar surface area (TPSA) is 58.4 Å². The van der Waals surface area contributed by atoms with Gasteiger partial charge in [0.1, 0.15) is 5.76 Å². The maximum absolute atomic E-state index is 12.3. The summed E-state index contributed by atoms with van der Waals surface area (Å²) in [6.45, 7) is 6.62. The van der Waals surface area contributed by atoms with Crippen LogP contribution in [0.3, 0.4) is 0 Å². The first-order chi connectivity index (χ1) is 12.6. The Labute approximate surface area is 155 Å². The molecule has 1 saturated heterocycles. The lowest BCUT2D eigenvalue weighted by molar-refractivity contribution is -0.121. The first-order valence-electron chi connectivity index (χ1n) is 9.60. The van der Waals surface area contributed by atoms with Gasteiger partial charge in [0, 0.05) is 31.1 Å². The molecule has 5 heteroatoms. The molecule has 1 aliphatic heterocycles. The second kappa shape index (κ2) is 8.99. The maximum atomic E-state index is 12.3. The van der Waals surface area contributed by atoms with E-state index in [0.717, 1.165) is 43.1 Å². The standard InChI is InChI=1S/C21H29N3O2/c1-16-20(17(2)26-23-16)11-12-21(25)22-14-19-10-6-7-13-24(19)15-18-8-4-3-5-9-18/h3-5,8-9,19H,6-7,10-15H2,1-2H3,(H,22,25). The van der Waals surface area contributed by atoms with Crippen LogP contribution in [0.1, 0.15) is 48.3 Å². The molecule has 2 aromatic rings. The fraction of sp³-hybridized carbons (Fsp3) is 0.524. The predicted molar refractivity (Wildman–Crippen MR) is 102 cm³/mol. The van der Waals surface area contributed by atoms with E-state index in [1.807, 2.05) is 13.8 Å².